The van der Waals surface area contributed by atoms with Gasteiger partial charge in [-0.05, 0) is 37.1 Å². The molecule has 1 saturated heterocycles. The molecule has 0 unspecified atom stereocenters. The zero-order valence-electron chi connectivity index (χ0n) is 21.1. The third-order valence-corrected chi connectivity index (χ3v) is 7.41. The first-order valence-corrected chi connectivity index (χ1v) is 12.6. The summed E-state index contributed by atoms with van der Waals surface area (Å²) >= 11 is 1.44. The average molecular weight is 525 g/mol. The van der Waals surface area contributed by atoms with Gasteiger partial charge in [-0.15, -0.1) is 0 Å². The van der Waals surface area contributed by atoms with Crippen molar-refractivity contribution < 1.29 is 14.3 Å². The molecule has 194 valence electrons. The molecule has 0 saturated carbocycles. The van der Waals surface area contributed by atoms with Crippen LogP contribution in [-0.2, 0) is 13.7 Å². The normalized spacial score (nSPS) is 18.5. The lowest BCUT2D eigenvalue weighted by Crippen LogP contribution is -2.53. The Kier molecular flexibility index (Phi) is 7.85. The number of hydrazone groups is 1. The second kappa shape index (κ2) is 11.1. The van der Waals surface area contributed by atoms with Crippen LogP contribution in [0.2, 0.25) is 0 Å². The first-order chi connectivity index (χ1) is 17.7. The Morgan fingerprint density at radius 1 is 1.35 bits per heavy atom. The van der Waals surface area contributed by atoms with E-state index in [4.69, 9.17) is 10.2 Å². The molecular formula is C25H29FN8O2S. The molecule has 0 aromatic carbocycles. The summed E-state index contributed by atoms with van der Waals surface area (Å²) in [6, 6.07) is 1.13. The predicted octanol–water partition coefficient (Wildman–Crippen LogP) is 3.53. The van der Waals surface area contributed by atoms with Crippen LogP contribution in [0.15, 0.2) is 47.0 Å². The lowest BCUT2D eigenvalue weighted by atomic mass is 10.1. The SMILES string of the molecule is C=C(/C=C(F)\C=C(/C)C#N)[C@@H]1CC=NN1C(=O)N1CCN(c2nc(-c3c(C)cnn3C)c(CO)s2)CC1. The number of carbonyl (C=O) groups excluding carboxylic acids is 1. The van der Waals surface area contributed by atoms with Gasteiger partial charge in [-0.25, -0.2) is 19.2 Å². The number of aromatic nitrogens is 3. The van der Waals surface area contributed by atoms with Crippen LogP contribution in [0.5, 0.6) is 0 Å². The van der Waals surface area contributed by atoms with E-state index in [9.17, 15) is 14.3 Å². The maximum Gasteiger partial charge on any atom is 0.341 e. The van der Waals surface area contributed by atoms with Gasteiger partial charge in [0.05, 0.1) is 35.5 Å². The topological polar surface area (TPSA) is 114 Å². The molecule has 1 N–H and O–H groups in total. The fourth-order valence-electron chi connectivity index (χ4n) is 4.35. The molecule has 4 heterocycles. The van der Waals surface area contributed by atoms with E-state index in [0.29, 0.717) is 38.2 Å². The molecule has 2 amide bonds. The highest BCUT2D eigenvalue weighted by molar-refractivity contribution is 7.16. The smallest absolute Gasteiger partial charge is 0.341 e. The Labute approximate surface area is 218 Å². The highest BCUT2D eigenvalue weighted by Gasteiger charge is 2.34. The first-order valence-electron chi connectivity index (χ1n) is 11.8. The maximum atomic E-state index is 14.2. The van der Waals surface area contributed by atoms with Crippen LogP contribution in [0.3, 0.4) is 0 Å². The number of rotatable bonds is 6. The van der Waals surface area contributed by atoms with Gasteiger partial charge in [0.25, 0.3) is 0 Å². The zero-order chi connectivity index (χ0) is 26.7. The van der Waals surface area contributed by atoms with Crippen LogP contribution in [0.25, 0.3) is 11.4 Å². The summed E-state index contributed by atoms with van der Waals surface area (Å²) < 4.78 is 16.0. The molecule has 0 radical (unpaired) electrons. The summed E-state index contributed by atoms with van der Waals surface area (Å²) in [5, 5.41) is 29.4. The number of allylic oxidation sites excluding steroid dienone is 3. The van der Waals surface area contributed by atoms with Gasteiger partial charge >= 0.3 is 6.03 Å². The number of urea groups is 1. The zero-order valence-corrected chi connectivity index (χ0v) is 21.9. The summed E-state index contributed by atoms with van der Waals surface area (Å²) in [7, 11) is 1.85. The van der Waals surface area contributed by atoms with Crippen molar-refractivity contribution in [3.63, 3.8) is 0 Å². The number of hydrogen-bond acceptors (Lipinski definition) is 8. The van der Waals surface area contributed by atoms with Crippen LogP contribution >= 0.6 is 11.3 Å². The van der Waals surface area contributed by atoms with Crippen LogP contribution in [0.4, 0.5) is 14.3 Å². The molecule has 2 aromatic rings. The maximum absolute atomic E-state index is 14.2. The van der Waals surface area contributed by atoms with Gasteiger partial charge in [-0.3, -0.25) is 4.68 Å². The quantitative estimate of drug-likeness (QED) is 0.457. The number of aliphatic hydroxyl groups is 1. The van der Waals surface area contributed by atoms with Gasteiger partial charge in [-0.2, -0.15) is 15.5 Å². The lowest BCUT2D eigenvalue weighted by molar-refractivity contribution is 0.146. The minimum absolute atomic E-state index is 0.116. The van der Waals surface area contributed by atoms with Gasteiger partial charge in [-0.1, -0.05) is 17.9 Å². The van der Waals surface area contributed by atoms with Gasteiger partial charge in [0.1, 0.15) is 11.5 Å². The summed E-state index contributed by atoms with van der Waals surface area (Å²) in [5.41, 5.74) is 3.23. The Morgan fingerprint density at radius 2 is 2.08 bits per heavy atom. The van der Waals surface area contributed by atoms with E-state index in [1.54, 1.807) is 22.0 Å². The Balaban J connectivity index is 1.42. The van der Waals surface area contributed by atoms with Crippen molar-refractivity contribution in [1.82, 2.24) is 24.7 Å². The Morgan fingerprint density at radius 3 is 2.70 bits per heavy atom. The summed E-state index contributed by atoms with van der Waals surface area (Å²) in [4.78, 5) is 22.7. The lowest BCUT2D eigenvalue weighted by Gasteiger charge is -2.37. The number of halogens is 1. The van der Waals surface area contributed by atoms with Gasteiger partial charge in [0.2, 0.25) is 0 Å². The number of aliphatic hydroxyl groups excluding tert-OH is 1. The molecular weight excluding hydrogens is 495 g/mol. The average Bonchev–Trinajstić information content (AvgIpc) is 3.62. The van der Waals surface area contributed by atoms with Crippen molar-refractivity contribution >= 4 is 28.7 Å². The molecule has 1 fully saturated rings. The standard InChI is InChI=1S/C25H29FN8O2S/c1-16(13-27)11-19(26)12-17(2)20-5-6-28-34(20)25(36)33-9-7-32(8-10-33)24-30-22(21(15-35)37-24)23-18(3)14-29-31(23)4/h6,11-12,14,20,35H,2,5,7-10,15H2,1,3-4H3/b16-11+,19-12+/t20-/m0/s1. The summed E-state index contributed by atoms with van der Waals surface area (Å²) in [6.07, 6.45) is 6.21. The number of hydrogen-bond donors (Lipinski definition) is 1. The largest absolute Gasteiger partial charge is 0.391 e. The fraction of sp³-hybridized carbons (Fsp3) is 0.400. The van der Waals surface area contributed by atoms with Crippen molar-refractivity contribution in [3.8, 4) is 17.5 Å². The highest BCUT2D eigenvalue weighted by Crippen LogP contribution is 2.35. The van der Waals surface area contributed by atoms with Crippen molar-refractivity contribution in [3.05, 3.63) is 52.3 Å². The molecule has 4 rings (SSSR count). The number of thiazole rings is 1. The Hall–Kier alpha value is -3.82. The number of piperazine rings is 1. The van der Waals surface area contributed by atoms with Gasteiger partial charge in [0.15, 0.2) is 5.13 Å². The van der Waals surface area contributed by atoms with E-state index in [-0.39, 0.29) is 18.2 Å². The summed E-state index contributed by atoms with van der Waals surface area (Å²) in [5.74, 6) is -0.594. The van der Waals surface area contributed by atoms with E-state index in [1.165, 1.54) is 29.3 Å². The third kappa shape index (κ3) is 5.47. The highest BCUT2D eigenvalue weighted by atomic mass is 32.1. The van der Waals surface area contributed by atoms with Crippen molar-refractivity contribution in [1.29, 1.82) is 5.26 Å². The number of amides is 2. The third-order valence-electron chi connectivity index (χ3n) is 6.30. The molecule has 1 atom stereocenters. The van der Waals surface area contributed by atoms with Crippen molar-refractivity contribution in [2.45, 2.75) is 32.9 Å². The van der Waals surface area contributed by atoms with Crippen molar-refractivity contribution in [2.24, 2.45) is 12.1 Å². The van der Waals surface area contributed by atoms with E-state index in [0.717, 1.165) is 33.0 Å². The number of nitrogens with zero attached hydrogens (tertiary/aromatic N) is 8. The van der Waals surface area contributed by atoms with Gasteiger partial charge in [0, 0.05) is 51.4 Å². The van der Waals surface area contributed by atoms with E-state index < -0.39 is 11.9 Å². The van der Waals surface area contributed by atoms with Crippen LogP contribution in [-0.4, -0.2) is 74.2 Å². The minimum Gasteiger partial charge on any atom is -0.391 e. The molecule has 2 aliphatic heterocycles. The molecule has 2 aromatic heterocycles. The van der Waals surface area contributed by atoms with E-state index >= 15 is 0 Å². The Bertz CT molecular complexity index is 1310. The molecule has 0 aliphatic carbocycles. The van der Waals surface area contributed by atoms with Crippen LogP contribution in [0, 0.1) is 18.3 Å². The van der Waals surface area contributed by atoms with Crippen LogP contribution in [0.1, 0.15) is 23.8 Å². The fourth-order valence-corrected chi connectivity index (χ4v) is 5.32. The molecule has 37 heavy (non-hydrogen) atoms. The number of aryl methyl sites for hydroxylation is 2. The monoisotopic (exact) mass is 524 g/mol. The molecule has 12 heteroatoms. The molecule has 2 aliphatic rings. The first kappa shape index (κ1) is 26.2. The second-order valence-corrected chi connectivity index (χ2v) is 9.98. The van der Waals surface area contributed by atoms with E-state index in [2.05, 4.69) is 21.7 Å². The van der Waals surface area contributed by atoms with Gasteiger partial charge < -0.3 is 14.9 Å². The van der Waals surface area contributed by atoms with Crippen LogP contribution < -0.4 is 4.90 Å². The molecule has 0 bridgehead atoms. The number of anilines is 1. The molecule has 10 nitrogen and oxygen atoms in total. The molecule has 0 spiro atoms. The summed E-state index contributed by atoms with van der Waals surface area (Å²) in [6.45, 7) is 9.37. The number of carbonyl (C=O) groups is 1. The van der Waals surface area contributed by atoms with Crippen molar-refractivity contribution in [2.75, 3.05) is 31.1 Å². The predicted molar refractivity (Wildman–Crippen MR) is 141 cm³/mol. The minimum atomic E-state index is -0.594. The number of nitriles is 1. The van der Waals surface area contributed by atoms with E-state index in [1.807, 2.05) is 20.0 Å². The second-order valence-electron chi connectivity index (χ2n) is 8.92.